The second-order valence-electron chi connectivity index (χ2n) is 15.5. The molecule has 0 spiro atoms. The van der Waals surface area contributed by atoms with Gasteiger partial charge in [-0.1, -0.05) is 38.5 Å². The van der Waals surface area contributed by atoms with Gasteiger partial charge in [0, 0.05) is 32.0 Å². The molecule has 0 saturated carbocycles. The molecule has 0 aromatic rings. The SMILES string of the molecule is CC[C@H]1OC(=O)C[C@@H](O)[C@H](C)[C@@H](O[C@@H]2O[C@H](C)[C@@H](O)[C@H](N(C)C)[C@H]2O)[C@@H](CCN)C[C@@H](C)C(=O)/C=C/C(C)=C/[C@@H]1CO[C@@H]1O[C@H](C)[C@@H](O)[C@@H](OC)[C@H]1OC. The number of allylic oxidation sites excluding steroid dienone is 3. The second kappa shape index (κ2) is 21.6. The Balaban J connectivity index is 1.96. The molecule has 2 fully saturated rings. The van der Waals surface area contributed by atoms with E-state index in [0.717, 1.165) is 5.57 Å². The third kappa shape index (κ3) is 11.8. The summed E-state index contributed by atoms with van der Waals surface area (Å²) < 4.78 is 41.9. The van der Waals surface area contributed by atoms with E-state index < -0.39 is 103 Å². The van der Waals surface area contributed by atoms with Crippen LogP contribution in [0.3, 0.4) is 0 Å². The van der Waals surface area contributed by atoms with Crippen LogP contribution in [0.1, 0.15) is 67.2 Å². The summed E-state index contributed by atoms with van der Waals surface area (Å²) in [6, 6.07) is -0.695. The lowest BCUT2D eigenvalue weighted by molar-refractivity contribution is -0.304. The predicted octanol–water partition coefficient (Wildman–Crippen LogP) is 1.32. The van der Waals surface area contributed by atoms with E-state index in [1.54, 1.807) is 45.8 Å². The van der Waals surface area contributed by atoms with Crippen molar-refractivity contribution in [3.05, 3.63) is 23.8 Å². The number of likely N-dealkylation sites (N-methyl/N-ethyl adjacent to an activating group) is 1. The smallest absolute Gasteiger partial charge is 0.308 e. The number of hydrogen-bond acceptors (Lipinski definition) is 15. The van der Waals surface area contributed by atoms with E-state index in [1.807, 2.05) is 26.8 Å². The van der Waals surface area contributed by atoms with E-state index in [0.29, 0.717) is 19.3 Å². The standard InChI is InChI=1S/C39H68N2O13/c1-11-29-26(19-50-39-37(49-10)36(48-9)33(46)24(6)52-39)16-20(2)12-13-27(42)21(3)17-25(14-15-40)35(22(4)28(43)18-30(44)53-29)54-38-34(47)31(41(7)8)32(45)23(5)51-38/h12-13,16,21-26,28-29,31-39,43,45-47H,11,14-15,17-19,40H2,1-10H3/b13-12+,20-16+/t21-,22+,23-,24-,25+,26-,28-,29-,31+,32-,33-,34-,35-,36-,37-,38+,39-/m1/s1. The minimum absolute atomic E-state index is 0.0332. The second-order valence-corrected chi connectivity index (χ2v) is 15.5. The van der Waals surface area contributed by atoms with Crippen molar-refractivity contribution in [2.45, 2.75) is 147 Å². The maximum atomic E-state index is 13.6. The molecule has 15 heteroatoms. The zero-order chi connectivity index (χ0) is 40.4. The number of hydrogen-bond donors (Lipinski definition) is 5. The molecule has 54 heavy (non-hydrogen) atoms. The van der Waals surface area contributed by atoms with E-state index in [2.05, 4.69) is 0 Å². The topological polar surface area (TPSA) is 209 Å². The van der Waals surface area contributed by atoms with Crippen molar-refractivity contribution < 1.29 is 63.2 Å². The Labute approximate surface area is 321 Å². The minimum atomic E-state index is -1.24. The van der Waals surface area contributed by atoms with Crippen LogP contribution in [0.5, 0.6) is 0 Å². The number of aliphatic hydroxyl groups excluding tert-OH is 4. The molecular formula is C39H68N2O13. The van der Waals surface area contributed by atoms with Gasteiger partial charge in [0.15, 0.2) is 18.4 Å². The molecule has 0 aliphatic carbocycles. The van der Waals surface area contributed by atoms with Gasteiger partial charge in [-0.3, -0.25) is 9.59 Å². The first-order chi connectivity index (χ1) is 25.5. The zero-order valence-corrected chi connectivity index (χ0v) is 33.8. The molecule has 0 amide bonds. The summed E-state index contributed by atoms with van der Waals surface area (Å²) in [5.74, 6) is -2.78. The maximum absolute atomic E-state index is 13.6. The van der Waals surface area contributed by atoms with Crippen LogP contribution in [-0.4, -0.2) is 158 Å². The van der Waals surface area contributed by atoms with Gasteiger partial charge < -0.3 is 64.2 Å². The molecule has 0 radical (unpaired) electrons. The van der Waals surface area contributed by atoms with Crippen molar-refractivity contribution in [1.82, 2.24) is 4.90 Å². The number of aliphatic hydroxyl groups is 4. The number of esters is 1. The summed E-state index contributed by atoms with van der Waals surface area (Å²) in [6.45, 7) is 11.0. The summed E-state index contributed by atoms with van der Waals surface area (Å²) in [5.41, 5.74) is 6.82. The molecule has 312 valence electrons. The third-order valence-corrected chi connectivity index (χ3v) is 11.2. The molecule has 2 saturated heterocycles. The molecular weight excluding hydrogens is 704 g/mol. The molecule has 15 nitrogen and oxygen atoms in total. The van der Waals surface area contributed by atoms with Crippen LogP contribution in [0.2, 0.25) is 0 Å². The monoisotopic (exact) mass is 772 g/mol. The fraction of sp³-hybridized carbons (Fsp3) is 0.846. The van der Waals surface area contributed by atoms with Crippen LogP contribution >= 0.6 is 0 Å². The van der Waals surface area contributed by atoms with Gasteiger partial charge >= 0.3 is 5.97 Å². The quantitative estimate of drug-likeness (QED) is 0.188. The van der Waals surface area contributed by atoms with Gasteiger partial charge in [-0.2, -0.15) is 0 Å². The van der Waals surface area contributed by atoms with Crippen LogP contribution in [0.25, 0.3) is 0 Å². The van der Waals surface area contributed by atoms with Crippen molar-refractivity contribution in [2.75, 3.05) is 41.5 Å². The summed E-state index contributed by atoms with van der Waals surface area (Å²) >= 11 is 0. The van der Waals surface area contributed by atoms with E-state index in [9.17, 15) is 30.0 Å². The van der Waals surface area contributed by atoms with E-state index in [-0.39, 0.29) is 31.3 Å². The highest BCUT2D eigenvalue weighted by Crippen LogP contribution is 2.35. The average molecular weight is 773 g/mol. The molecule has 3 heterocycles. The fourth-order valence-electron chi connectivity index (χ4n) is 7.90. The molecule has 3 aliphatic heterocycles. The maximum Gasteiger partial charge on any atom is 0.308 e. The van der Waals surface area contributed by atoms with Gasteiger partial charge in [-0.15, -0.1) is 0 Å². The Hall–Kier alpha value is -1.86. The van der Waals surface area contributed by atoms with Gasteiger partial charge in [0.25, 0.3) is 0 Å². The third-order valence-electron chi connectivity index (χ3n) is 11.2. The highest BCUT2D eigenvalue weighted by atomic mass is 16.7. The fourth-order valence-corrected chi connectivity index (χ4v) is 7.90. The van der Waals surface area contributed by atoms with Crippen molar-refractivity contribution in [3.8, 4) is 0 Å². The summed E-state index contributed by atoms with van der Waals surface area (Å²) in [6.07, 6.45) is -4.73. The Kier molecular flexibility index (Phi) is 18.6. The number of nitrogens with zero attached hydrogens (tertiary/aromatic N) is 1. The normalized spacial score (nSPS) is 43.7. The Morgan fingerprint density at radius 2 is 1.52 bits per heavy atom. The molecule has 3 aliphatic rings. The van der Waals surface area contributed by atoms with Gasteiger partial charge in [0.05, 0.1) is 49.6 Å². The molecule has 0 aromatic heterocycles. The lowest BCUT2D eigenvalue weighted by Crippen LogP contribution is -2.63. The zero-order valence-electron chi connectivity index (χ0n) is 33.8. The minimum Gasteiger partial charge on any atom is -0.462 e. The molecule has 0 unspecified atom stereocenters. The summed E-state index contributed by atoms with van der Waals surface area (Å²) in [7, 11) is 6.44. The largest absolute Gasteiger partial charge is 0.462 e. The van der Waals surface area contributed by atoms with Crippen molar-refractivity contribution in [1.29, 1.82) is 0 Å². The first kappa shape index (κ1) is 46.5. The van der Waals surface area contributed by atoms with Gasteiger partial charge in [-0.25, -0.2) is 0 Å². The van der Waals surface area contributed by atoms with Gasteiger partial charge in [-0.05, 0) is 72.7 Å². The number of nitrogens with two attached hydrogens (primary N) is 1. The van der Waals surface area contributed by atoms with E-state index in [1.165, 1.54) is 20.3 Å². The molecule has 17 atom stereocenters. The van der Waals surface area contributed by atoms with E-state index in [4.69, 9.17) is 38.9 Å². The lowest BCUT2D eigenvalue weighted by atomic mass is 9.79. The molecule has 6 N–H and O–H groups in total. The first-order valence-corrected chi connectivity index (χ1v) is 19.3. The number of ether oxygens (including phenoxy) is 7. The number of methoxy groups -OCH3 is 2. The Morgan fingerprint density at radius 1 is 0.889 bits per heavy atom. The number of cyclic esters (lactones) is 1. The summed E-state index contributed by atoms with van der Waals surface area (Å²) in [5, 5.41) is 44.4. The Bertz CT molecular complexity index is 1230. The molecule has 3 rings (SSSR count). The van der Waals surface area contributed by atoms with Gasteiger partial charge in [0.2, 0.25) is 0 Å². The van der Waals surface area contributed by atoms with Crippen LogP contribution < -0.4 is 5.73 Å². The molecule has 0 aromatic carbocycles. The highest BCUT2D eigenvalue weighted by molar-refractivity contribution is 5.91. The van der Waals surface area contributed by atoms with Crippen molar-refractivity contribution in [3.63, 3.8) is 0 Å². The highest BCUT2D eigenvalue weighted by Gasteiger charge is 2.48. The number of rotatable bonds is 11. The summed E-state index contributed by atoms with van der Waals surface area (Å²) in [4.78, 5) is 28.9. The van der Waals surface area contributed by atoms with Gasteiger partial charge in [0.1, 0.15) is 30.5 Å². The lowest BCUT2D eigenvalue weighted by Gasteiger charge is -2.46. The van der Waals surface area contributed by atoms with Crippen LogP contribution in [0.4, 0.5) is 0 Å². The number of ketones is 1. The van der Waals surface area contributed by atoms with Crippen LogP contribution in [-0.2, 0) is 42.7 Å². The number of carbonyl (C=O) groups excluding carboxylic acids is 2. The van der Waals surface area contributed by atoms with Crippen molar-refractivity contribution in [2.24, 2.45) is 29.4 Å². The van der Waals surface area contributed by atoms with Crippen molar-refractivity contribution >= 4 is 11.8 Å². The average Bonchev–Trinajstić information content (AvgIpc) is 3.12. The van der Waals surface area contributed by atoms with E-state index >= 15 is 0 Å². The Morgan fingerprint density at radius 3 is 2.11 bits per heavy atom. The number of carbonyl (C=O) groups is 2. The first-order valence-electron chi connectivity index (χ1n) is 19.3. The van der Waals surface area contributed by atoms with Crippen LogP contribution in [0.15, 0.2) is 23.8 Å². The molecule has 0 bridgehead atoms. The predicted molar refractivity (Wildman–Crippen MR) is 199 cm³/mol. The van der Waals surface area contributed by atoms with Crippen LogP contribution in [0, 0.1) is 23.7 Å².